The monoisotopic (exact) mass is 124 g/mol. The quantitative estimate of drug-likeness (QED) is 0.508. The third kappa shape index (κ3) is 1.07. The van der Waals surface area contributed by atoms with E-state index in [4.69, 9.17) is 11.5 Å². The molecule has 0 bridgehead atoms. The van der Waals surface area contributed by atoms with Crippen LogP contribution in [0.25, 0.3) is 0 Å². The minimum atomic E-state index is 0.220. The molecule has 4 N–H and O–H groups in total. The summed E-state index contributed by atoms with van der Waals surface area (Å²) in [6.45, 7) is 1.83. The molecule has 1 heterocycles. The highest BCUT2D eigenvalue weighted by Crippen LogP contribution is 2.04. The number of rotatable bonds is 0. The van der Waals surface area contributed by atoms with E-state index in [-0.39, 0.29) is 5.95 Å². The molecule has 0 saturated heterocycles. The van der Waals surface area contributed by atoms with Crippen LogP contribution in [-0.4, -0.2) is 9.97 Å². The maximum Gasteiger partial charge on any atom is 0.221 e. The Morgan fingerprint density at radius 3 is 2.56 bits per heavy atom. The second-order valence-electron chi connectivity index (χ2n) is 1.80. The molecule has 4 nitrogen and oxygen atoms in total. The Balaban J connectivity index is 3.17. The summed E-state index contributed by atoms with van der Waals surface area (Å²) in [5.74, 6) is 0.667. The van der Waals surface area contributed by atoms with Crippen LogP contribution in [-0.2, 0) is 0 Å². The number of hydrogen-bond donors (Lipinski definition) is 2. The van der Waals surface area contributed by atoms with Gasteiger partial charge in [0.15, 0.2) is 0 Å². The summed E-state index contributed by atoms with van der Waals surface area (Å²) < 4.78 is 0. The third-order valence-corrected chi connectivity index (χ3v) is 1.03. The number of aromatic nitrogens is 2. The van der Waals surface area contributed by atoms with Gasteiger partial charge >= 0.3 is 0 Å². The molecule has 0 saturated carbocycles. The molecule has 1 rings (SSSR count). The van der Waals surface area contributed by atoms with E-state index in [2.05, 4.69) is 9.97 Å². The van der Waals surface area contributed by atoms with Crippen LogP contribution in [0.2, 0.25) is 0 Å². The first-order valence-corrected chi connectivity index (χ1v) is 2.55. The zero-order valence-corrected chi connectivity index (χ0v) is 5.13. The van der Waals surface area contributed by atoms with E-state index in [9.17, 15) is 0 Å². The average Bonchev–Trinajstić information content (AvgIpc) is 1.80. The van der Waals surface area contributed by atoms with Crippen molar-refractivity contribution in [3.8, 4) is 0 Å². The molecule has 0 amide bonds. The highest BCUT2D eigenvalue weighted by molar-refractivity contribution is 5.39. The number of aryl methyl sites for hydroxylation is 1. The minimum Gasteiger partial charge on any atom is -0.383 e. The molecule has 0 spiro atoms. The van der Waals surface area contributed by atoms with Gasteiger partial charge in [0.2, 0.25) is 5.95 Å². The summed E-state index contributed by atoms with van der Waals surface area (Å²) in [4.78, 5) is 7.44. The SMILES string of the molecule is Cc1cnc(N)nc1N. The second kappa shape index (κ2) is 1.89. The molecule has 1 aromatic heterocycles. The van der Waals surface area contributed by atoms with Crippen molar-refractivity contribution >= 4 is 11.8 Å². The van der Waals surface area contributed by atoms with Crippen LogP contribution in [0.4, 0.5) is 11.8 Å². The summed E-state index contributed by atoms with van der Waals surface area (Å²) in [7, 11) is 0. The van der Waals surface area contributed by atoms with Gasteiger partial charge in [-0.15, -0.1) is 0 Å². The molecule has 0 atom stereocenters. The smallest absolute Gasteiger partial charge is 0.221 e. The van der Waals surface area contributed by atoms with Crippen LogP contribution in [0.3, 0.4) is 0 Å². The van der Waals surface area contributed by atoms with Crippen molar-refractivity contribution in [1.29, 1.82) is 0 Å². The van der Waals surface area contributed by atoms with Gasteiger partial charge in [0.25, 0.3) is 0 Å². The molecule has 0 fully saturated rings. The van der Waals surface area contributed by atoms with Gasteiger partial charge in [0, 0.05) is 11.8 Å². The highest BCUT2D eigenvalue weighted by atomic mass is 15.0. The van der Waals surface area contributed by atoms with E-state index in [1.165, 1.54) is 0 Å². The lowest BCUT2D eigenvalue weighted by atomic mass is 10.4. The van der Waals surface area contributed by atoms with Gasteiger partial charge in [0.05, 0.1) is 0 Å². The van der Waals surface area contributed by atoms with E-state index < -0.39 is 0 Å². The van der Waals surface area contributed by atoms with E-state index in [1.807, 2.05) is 6.92 Å². The fourth-order valence-electron chi connectivity index (χ4n) is 0.470. The van der Waals surface area contributed by atoms with Crippen molar-refractivity contribution in [3.63, 3.8) is 0 Å². The normalized spacial score (nSPS) is 9.44. The molecule has 48 valence electrons. The van der Waals surface area contributed by atoms with Gasteiger partial charge in [-0.2, -0.15) is 4.98 Å². The molecule has 1 aromatic rings. The lowest BCUT2D eigenvalue weighted by molar-refractivity contribution is 1.16. The number of nitrogen functional groups attached to an aromatic ring is 2. The second-order valence-corrected chi connectivity index (χ2v) is 1.80. The van der Waals surface area contributed by atoms with Gasteiger partial charge in [-0.3, -0.25) is 0 Å². The molecule has 0 unspecified atom stereocenters. The maximum atomic E-state index is 5.39. The zero-order chi connectivity index (χ0) is 6.85. The molecule has 4 heteroatoms. The lowest BCUT2D eigenvalue weighted by Gasteiger charge is -1.96. The van der Waals surface area contributed by atoms with Crippen molar-refractivity contribution in [2.45, 2.75) is 6.92 Å². The van der Waals surface area contributed by atoms with Crippen LogP contribution in [0.5, 0.6) is 0 Å². The molecular weight excluding hydrogens is 116 g/mol. The third-order valence-electron chi connectivity index (χ3n) is 1.03. The first kappa shape index (κ1) is 5.81. The van der Waals surface area contributed by atoms with Crippen LogP contribution >= 0.6 is 0 Å². The van der Waals surface area contributed by atoms with Crippen LogP contribution in [0, 0.1) is 6.92 Å². The molecule has 0 aliphatic carbocycles. The lowest BCUT2D eigenvalue weighted by Crippen LogP contribution is -2.00. The Hall–Kier alpha value is -1.32. The van der Waals surface area contributed by atoms with Crippen LogP contribution < -0.4 is 11.5 Å². The molecule has 0 aromatic carbocycles. The standard InChI is InChI=1S/C5H8N4/c1-3-2-8-5(7)9-4(3)6/h2H,1H3,(H4,6,7,8,9). The number of anilines is 2. The highest BCUT2D eigenvalue weighted by Gasteiger charge is 1.93. The van der Waals surface area contributed by atoms with Gasteiger partial charge in [-0.25, -0.2) is 4.98 Å². The van der Waals surface area contributed by atoms with Crippen molar-refractivity contribution in [2.24, 2.45) is 0 Å². The van der Waals surface area contributed by atoms with Gasteiger partial charge < -0.3 is 11.5 Å². The number of nitrogens with zero attached hydrogens (tertiary/aromatic N) is 2. The Morgan fingerprint density at radius 2 is 2.11 bits per heavy atom. The van der Waals surface area contributed by atoms with Crippen molar-refractivity contribution in [2.75, 3.05) is 11.5 Å². The summed E-state index contributed by atoms with van der Waals surface area (Å²) >= 11 is 0. The van der Waals surface area contributed by atoms with Gasteiger partial charge in [-0.05, 0) is 6.92 Å². The predicted molar refractivity (Wildman–Crippen MR) is 35.6 cm³/mol. The van der Waals surface area contributed by atoms with E-state index in [0.29, 0.717) is 5.82 Å². The minimum absolute atomic E-state index is 0.220. The summed E-state index contributed by atoms with van der Waals surface area (Å²) in [6, 6.07) is 0. The Bertz CT molecular complexity index is 220. The van der Waals surface area contributed by atoms with E-state index in [1.54, 1.807) is 6.20 Å². The summed E-state index contributed by atoms with van der Waals surface area (Å²) in [5, 5.41) is 0. The average molecular weight is 124 g/mol. The summed E-state index contributed by atoms with van der Waals surface area (Å²) in [5.41, 5.74) is 11.5. The Kier molecular flexibility index (Phi) is 1.22. The fourth-order valence-corrected chi connectivity index (χ4v) is 0.470. The molecule has 0 aliphatic rings. The van der Waals surface area contributed by atoms with E-state index >= 15 is 0 Å². The van der Waals surface area contributed by atoms with Crippen LogP contribution in [0.15, 0.2) is 6.20 Å². The van der Waals surface area contributed by atoms with Crippen molar-refractivity contribution in [1.82, 2.24) is 9.97 Å². The van der Waals surface area contributed by atoms with Gasteiger partial charge in [-0.1, -0.05) is 0 Å². The van der Waals surface area contributed by atoms with Gasteiger partial charge in [0.1, 0.15) is 5.82 Å². The molecule has 0 aliphatic heterocycles. The largest absolute Gasteiger partial charge is 0.383 e. The molecule has 9 heavy (non-hydrogen) atoms. The fraction of sp³-hybridized carbons (Fsp3) is 0.200. The van der Waals surface area contributed by atoms with Crippen molar-refractivity contribution < 1.29 is 0 Å². The van der Waals surface area contributed by atoms with E-state index in [0.717, 1.165) is 5.56 Å². The first-order valence-electron chi connectivity index (χ1n) is 2.55. The zero-order valence-electron chi connectivity index (χ0n) is 5.13. The Morgan fingerprint density at radius 1 is 1.44 bits per heavy atom. The Labute approximate surface area is 52.9 Å². The van der Waals surface area contributed by atoms with Crippen molar-refractivity contribution in [3.05, 3.63) is 11.8 Å². The topological polar surface area (TPSA) is 77.8 Å². The number of nitrogens with two attached hydrogens (primary N) is 2. The number of hydrogen-bond acceptors (Lipinski definition) is 4. The maximum absolute atomic E-state index is 5.39. The first-order chi connectivity index (χ1) is 4.20. The molecular formula is C5H8N4. The molecule has 0 radical (unpaired) electrons. The summed E-state index contributed by atoms with van der Waals surface area (Å²) in [6.07, 6.45) is 1.59. The van der Waals surface area contributed by atoms with Crippen LogP contribution in [0.1, 0.15) is 5.56 Å². The predicted octanol–water partition coefficient (Wildman–Crippen LogP) is -0.0506.